The molecule has 2 aliphatic rings. The van der Waals surface area contributed by atoms with Gasteiger partial charge in [-0.3, -0.25) is 14.5 Å². The molecule has 0 aliphatic carbocycles. The molecular formula is C29H24F3N3O2. The second kappa shape index (κ2) is 8.59. The number of nitrogens with one attached hydrogen (secondary N) is 1. The van der Waals surface area contributed by atoms with Crippen molar-refractivity contribution in [1.29, 1.82) is 0 Å². The minimum Gasteiger partial charge on any atom is -0.357 e. The van der Waals surface area contributed by atoms with Crippen molar-refractivity contribution in [3.63, 3.8) is 0 Å². The van der Waals surface area contributed by atoms with Gasteiger partial charge in [-0.05, 0) is 36.2 Å². The topological polar surface area (TPSA) is 56.4 Å². The van der Waals surface area contributed by atoms with Crippen molar-refractivity contribution >= 4 is 28.4 Å². The molecule has 1 aromatic heterocycles. The van der Waals surface area contributed by atoms with Crippen molar-refractivity contribution in [2.24, 2.45) is 0 Å². The summed E-state index contributed by atoms with van der Waals surface area (Å²) < 4.78 is 41.1. The number of halogens is 3. The van der Waals surface area contributed by atoms with E-state index in [0.29, 0.717) is 6.54 Å². The van der Waals surface area contributed by atoms with E-state index in [1.165, 1.54) is 18.2 Å². The molecule has 0 radical (unpaired) electrons. The lowest BCUT2D eigenvalue weighted by Crippen LogP contribution is -2.47. The minimum absolute atomic E-state index is 0.0806. The zero-order chi connectivity index (χ0) is 25.9. The molecule has 1 fully saturated rings. The van der Waals surface area contributed by atoms with Gasteiger partial charge >= 0.3 is 6.18 Å². The summed E-state index contributed by atoms with van der Waals surface area (Å²) in [5.41, 5.74) is 2.75. The van der Waals surface area contributed by atoms with Crippen LogP contribution in [0.4, 0.5) is 18.9 Å². The number of H-pyrrole nitrogens is 1. The van der Waals surface area contributed by atoms with E-state index >= 15 is 0 Å². The Labute approximate surface area is 211 Å². The van der Waals surface area contributed by atoms with E-state index in [0.717, 1.165) is 38.7 Å². The minimum atomic E-state index is -4.69. The monoisotopic (exact) mass is 503 g/mol. The number of nitrogens with zero attached hydrogens (tertiary/aromatic N) is 2. The van der Waals surface area contributed by atoms with E-state index in [-0.39, 0.29) is 18.4 Å². The van der Waals surface area contributed by atoms with Gasteiger partial charge in [-0.2, -0.15) is 13.2 Å². The fourth-order valence-corrected chi connectivity index (χ4v) is 5.91. The molecular weight excluding hydrogens is 479 g/mol. The highest BCUT2D eigenvalue weighted by molar-refractivity contribution is 6.22. The Kier molecular flexibility index (Phi) is 5.45. The van der Waals surface area contributed by atoms with Crippen LogP contribution in [-0.4, -0.2) is 34.3 Å². The third-order valence-electron chi connectivity index (χ3n) is 7.61. The van der Waals surface area contributed by atoms with Gasteiger partial charge in [-0.15, -0.1) is 0 Å². The molecule has 2 aliphatic heterocycles. The summed E-state index contributed by atoms with van der Waals surface area (Å²) in [6.45, 7) is 2.43. The lowest BCUT2D eigenvalue weighted by molar-refractivity contribution is -0.137. The maximum Gasteiger partial charge on any atom is 0.418 e. The van der Waals surface area contributed by atoms with Crippen LogP contribution in [0.2, 0.25) is 0 Å². The van der Waals surface area contributed by atoms with Crippen LogP contribution in [0, 0.1) is 0 Å². The van der Waals surface area contributed by atoms with Crippen molar-refractivity contribution in [2.45, 2.75) is 37.5 Å². The molecule has 37 heavy (non-hydrogen) atoms. The first-order valence-electron chi connectivity index (χ1n) is 12.2. The van der Waals surface area contributed by atoms with Crippen molar-refractivity contribution in [1.82, 2.24) is 9.88 Å². The van der Waals surface area contributed by atoms with Crippen LogP contribution < -0.4 is 4.90 Å². The van der Waals surface area contributed by atoms with E-state index in [2.05, 4.69) is 11.1 Å². The number of para-hydroxylation sites is 2. The van der Waals surface area contributed by atoms with Gasteiger partial charge in [-0.1, -0.05) is 60.7 Å². The van der Waals surface area contributed by atoms with Crippen molar-refractivity contribution < 1.29 is 22.8 Å². The summed E-state index contributed by atoms with van der Waals surface area (Å²) in [6.07, 6.45) is -4.86. The molecule has 0 saturated carbocycles. The molecule has 2 amide bonds. The van der Waals surface area contributed by atoms with Gasteiger partial charge in [-0.25, -0.2) is 4.90 Å². The van der Waals surface area contributed by atoms with Crippen LogP contribution in [0.15, 0.2) is 78.9 Å². The molecule has 0 spiro atoms. The Morgan fingerprint density at radius 3 is 2.32 bits per heavy atom. The highest BCUT2D eigenvalue weighted by Crippen LogP contribution is 2.46. The number of imide groups is 1. The Bertz CT molecular complexity index is 1510. The molecule has 3 aromatic carbocycles. The van der Waals surface area contributed by atoms with Gasteiger partial charge < -0.3 is 4.98 Å². The predicted molar refractivity (Wildman–Crippen MR) is 134 cm³/mol. The molecule has 6 rings (SSSR count). The van der Waals surface area contributed by atoms with Crippen LogP contribution >= 0.6 is 0 Å². The Morgan fingerprint density at radius 2 is 1.57 bits per heavy atom. The lowest BCUT2D eigenvalue weighted by atomic mass is 9.83. The van der Waals surface area contributed by atoms with Crippen LogP contribution in [0.1, 0.15) is 47.7 Å². The Balaban J connectivity index is 1.43. The lowest BCUT2D eigenvalue weighted by Gasteiger charge is -2.41. The number of benzene rings is 3. The number of hydrogen-bond donors (Lipinski definition) is 1. The number of carbonyl (C=O) groups is 2. The van der Waals surface area contributed by atoms with Crippen LogP contribution in [0.25, 0.3) is 10.9 Å². The first-order valence-corrected chi connectivity index (χ1v) is 12.2. The smallest absolute Gasteiger partial charge is 0.357 e. The van der Waals surface area contributed by atoms with Gasteiger partial charge in [0.05, 0.1) is 23.7 Å². The summed E-state index contributed by atoms with van der Waals surface area (Å²) in [5.74, 6) is -1.33. The normalized spacial score (nSPS) is 22.6. The average molecular weight is 504 g/mol. The van der Waals surface area contributed by atoms with Gasteiger partial charge in [0.2, 0.25) is 5.91 Å². The number of aromatic amines is 1. The highest BCUT2D eigenvalue weighted by atomic mass is 19.4. The third-order valence-corrected chi connectivity index (χ3v) is 7.61. The maximum atomic E-state index is 13.7. The number of amides is 2. The molecule has 5 nitrogen and oxygen atoms in total. The fourth-order valence-electron chi connectivity index (χ4n) is 5.91. The first kappa shape index (κ1) is 23.5. The van der Waals surface area contributed by atoms with Crippen molar-refractivity contribution in [2.75, 3.05) is 11.4 Å². The summed E-state index contributed by atoms with van der Waals surface area (Å²) >= 11 is 0. The predicted octanol–water partition coefficient (Wildman–Crippen LogP) is 6.03. The summed E-state index contributed by atoms with van der Waals surface area (Å²) in [4.78, 5) is 32.9. The van der Waals surface area contributed by atoms with Crippen LogP contribution in [0.3, 0.4) is 0 Å². The number of fused-ring (bicyclic) bond motifs is 3. The van der Waals surface area contributed by atoms with E-state index < -0.39 is 35.3 Å². The number of rotatable bonds is 3. The van der Waals surface area contributed by atoms with Gasteiger partial charge in [0.15, 0.2) is 0 Å². The largest absolute Gasteiger partial charge is 0.418 e. The molecule has 188 valence electrons. The molecule has 1 saturated heterocycles. The summed E-state index contributed by atoms with van der Waals surface area (Å²) in [7, 11) is 0. The fraction of sp³-hybridized carbons (Fsp3) is 0.241. The van der Waals surface area contributed by atoms with E-state index in [4.69, 9.17) is 0 Å². The van der Waals surface area contributed by atoms with Crippen molar-refractivity contribution in [3.05, 3.63) is 101 Å². The molecule has 3 heterocycles. The molecule has 8 heteroatoms. The van der Waals surface area contributed by atoms with Gasteiger partial charge in [0, 0.05) is 35.1 Å². The quantitative estimate of drug-likeness (QED) is 0.348. The number of anilines is 1. The van der Waals surface area contributed by atoms with Crippen LogP contribution in [0.5, 0.6) is 0 Å². The molecule has 3 atom stereocenters. The van der Waals surface area contributed by atoms with Gasteiger partial charge in [0.1, 0.15) is 0 Å². The first-order chi connectivity index (χ1) is 17.8. The molecule has 1 N–H and O–H groups in total. The number of hydrogen-bond acceptors (Lipinski definition) is 3. The second-order valence-corrected chi connectivity index (χ2v) is 9.64. The average Bonchev–Trinajstić information content (AvgIpc) is 3.42. The summed E-state index contributed by atoms with van der Waals surface area (Å²) in [6, 6.07) is 21.6. The number of carbonyl (C=O) groups excluding carboxylic acids is 2. The van der Waals surface area contributed by atoms with Crippen molar-refractivity contribution in [3.8, 4) is 0 Å². The SMILES string of the molecule is CC1c2[nH]c3ccccc3c2C(c2ccccc2)CN1C1CC(=O)N(c2ccccc2C(F)(F)F)C1=O. The van der Waals surface area contributed by atoms with Gasteiger partial charge in [0.25, 0.3) is 5.91 Å². The van der Waals surface area contributed by atoms with Crippen LogP contribution in [-0.2, 0) is 15.8 Å². The number of aromatic nitrogens is 1. The highest BCUT2D eigenvalue weighted by Gasteiger charge is 2.49. The second-order valence-electron chi connectivity index (χ2n) is 9.64. The molecule has 0 bridgehead atoms. The zero-order valence-corrected chi connectivity index (χ0v) is 20.0. The third kappa shape index (κ3) is 3.74. The van der Waals surface area contributed by atoms with E-state index in [1.807, 2.05) is 60.4 Å². The number of alkyl halides is 3. The maximum absolute atomic E-state index is 13.7. The Hall–Kier alpha value is -3.91. The standard InChI is InChI=1S/C29H24F3N3O2/c1-17-27-26(19-11-5-7-13-22(19)33-27)20(18-9-3-2-4-10-18)16-34(17)24-15-25(36)35(28(24)37)23-14-8-6-12-21(23)29(30,31)32/h2-14,17,20,24,33H,15-16H2,1H3. The Morgan fingerprint density at radius 1 is 0.892 bits per heavy atom. The molecule has 3 unspecified atom stereocenters. The van der Waals surface area contributed by atoms with E-state index in [1.54, 1.807) is 0 Å². The zero-order valence-electron chi connectivity index (χ0n) is 20.0. The summed E-state index contributed by atoms with van der Waals surface area (Å²) in [5, 5.41) is 1.10. The van der Waals surface area contributed by atoms with E-state index in [9.17, 15) is 22.8 Å². The molecule has 4 aromatic rings.